The molecule has 2 heterocycles. The van der Waals surface area contributed by atoms with Gasteiger partial charge in [0.2, 0.25) is 0 Å². The highest BCUT2D eigenvalue weighted by Crippen LogP contribution is 2.75. The second kappa shape index (κ2) is 4.81. The first-order valence-electron chi connectivity index (χ1n) is 10.9. The summed E-state index contributed by atoms with van der Waals surface area (Å²) in [6.07, 6.45) is 7.80. The van der Waals surface area contributed by atoms with Gasteiger partial charge in [0.1, 0.15) is 0 Å². The van der Waals surface area contributed by atoms with Crippen LogP contribution in [0.5, 0.6) is 0 Å². The summed E-state index contributed by atoms with van der Waals surface area (Å²) in [6.45, 7) is 11.5. The molecule has 7 aliphatic rings. The fourth-order valence-corrected chi connectivity index (χ4v) is 8.70. The van der Waals surface area contributed by atoms with Gasteiger partial charge in [-0.15, -0.1) is 0 Å². The Morgan fingerprint density at radius 1 is 1.04 bits per heavy atom. The molecule has 148 valence electrons. The van der Waals surface area contributed by atoms with Gasteiger partial charge in [0.05, 0.1) is 24.2 Å². The van der Waals surface area contributed by atoms with Crippen LogP contribution in [-0.4, -0.2) is 30.6 Å². The molecule has 1 spiro atoms. The Labute approximate surface area is 162 Å². The van der Waals surface area contributed by atoms with E-state index in [9.17, 15) is 4.79 Å². The van der Waals surface area contributed by atoms with Gasteiger partial charge < -0.3 is 14.2 Å². The van der Waals surface area contributed by atoms with Gasteiger partial charge in [-0.25, -0.2) is 0 Å². The molecule has 0 amide bonds. The lowest BCUT2D eigenvalue weighted by Gasteiger charge is -2.74. The van der Waals surface area contributed by atoms with Crippen LogP contribution < -0.4 is 0 Å². The standard InChI is InChI=1S/C23H32O4/c1-13-14-6-9-23-16(10-14)22-8-5-7-21(4,12-25-19(22)24)15(22)11-17(23)26-20(2,3)27-18(13)23/h14-18H,1,5-12H2,2-4H3/t14-,15?,16?,17+,18-,21-,22-,23+/m0/s1. The van der Waals surface area contributed by atoms with Crippen LogP contribution in [0.4, 0.5) is 0 Å². The third kappa shape index (κ3) is 1.77. The number of fused-ring (bicyclic) bond motifs is 1. The minimum Gasteiger partial charge on any atom is -0.465 e. The van der Waals surface area contributed by atoms with Gasteiger partial charge >= 0.3 is 5.97 Å². The van der Waals surface area contributed by atoms with E-state index in [4.69, 9.17) is 14.2 Å². The summed E-state index contributed by atoms with van der Waals surface area (Å²) in [4.78, 5) is 13.4. The summed E-state index contributed by atoms with van der Waals surface area (Å²) in [7, 11) is 0. The van der Waals surface area contributed by atoms with E-state index in [2.05, 4.69) is 13.5 Å². The molecule has 5 saturated carbocycles. The van der Waals surface area contributed by atoms with E-state index in [0.717, 1.165) is 32.1 Å². The molecule has 0 aromatic rings. The minimum atomic E-state index is -0.582. The highest BCUT2D eigenvalue weighted by Gasteiger charge is 2.77. The van der Waals surface area contributed by atoms with Gasteiger partial charge in [0, 0.05) is 10.8 Å². The SMILES string of the molecule is C=C1[C@H]2CC[C@@]34C(C2)[C@@]25CCC[C@@](C)(COC2=O)C5C[C@H]3OC(C)(C)O[C@@H]14. The van der Waals surface area contributed by atoms with Crippen LogP contribution in [0.3, 0.4) is 0 Å². The second-order valence-electron chi connectivity index (χ2n) is 11.1. The summed E-state index contributed by atoms with van der Waals surface area (Å²) in [5.74, 6) is 0.673. The lowest BCUT2D eigenvalue weighted by molar-refractivity contribution is -0.395. The molecule has 5 aliphatic carbocycles. The maximum atomic E-state index is 13.4. The topological polar surface area (TPSA) is 44.8 Å². The first-order chi connectivity index (χ1) is 12.7. The Morgan fingerprint density at radius 2 is 1.85 bits per heavy atom. The second-order valence-corrected chi connectivity index (χ2v) is 11.1. The number of rotatable bonds is 0. The molecule has 0 N–H and O–H groups in total. The van der Waals surface area contributed by atoms with Crippen molar-refractivity contribution >= 4 is 5.97 Å². The average molecular weight is 373 g/mol. The monoisotopic (exact) mass is 372 g/mol. The Hall–Kier alpha value is -0.870. The molecule has 27 heavy (non-hydrogen) atoms. The molecule has 0 aromatic carbocycles. The maximum absolute atomic E-state index is 13.4. The summed E-state index contributed by atoms with van der Waals surface area (Å²) >= 11 is 0. The predicted molar refractivity (Wildman–Crippen MR) is 99.7 cm³/mol. The van der Waals surface area contributed by atoms with Crippen LogP contribution in [0.2, 0.25) is 0 Å². The first-order valence-corrected chi connectivity index (χ1v) is 10.9. The van der Waals surface area contributed by atoms with Crippen LogP contribution in [0.1, 0.15) is 65.7 Å². The molecule has 2 aliphatic heterocycles. The molecular weight excluding hydrogens is 340 g/mol. The number of hydrogen-bond donors (Lipinski definition) is 0. The smallest absolute Gasteiger partial charge is 0.312 e. The fraction of sp³-hybridized carbons (Fsp3) is 0.870. The highest BCUT2D eigenvalue weighted by molar-refractivity contribution is 5.80. The molecule has 2 saturated heterocycles. The molecule has 4 bridgehead atoms. The minimum absolute atomic E-state index is 0.0296. The quantitative estimate of drug-likeness (QED) is 0.471. The van der Waals surface area contributed by atoms with Crippen LogP contribution in [0, 0.1) is 34.0 Å². The largest absolute Gasteiger partial charge is 0.465 e. The number of esters is 1. The summed E-state index contributed by atoms with van der Waals surface area (Å²) in [5.41, 5.74) is 0.944. The van der Waals surface area contributed by atoms with Crippen molar-refractivity contribution in [2.24, 2.45) is 34.0 Å². The molecule has 2 unspecified atom stereocenters. The molecule has 8 atom stereocenters. The molecule has 4 heteroatoms. The molecule has 7 rings (SSSR count). The lowest BCUT2D eigenvalue weighted by Crippen LogP contribution is -2.76. The zero-order valence-corrected chi connectivity index (χ0v) is 16.9. The van der Waals surface area contributed by atoms with E-state index in [1.807, 2.05) is 13.8 Å². The van der Waals surface area contributed by atoms with Crippen molar-refractivity contribution in [1.82, 2.24) is 0 Å². The Bertz CT molecular complexity index is 743. The average Bonchev–Trinajstić information content (AvgIpc) is 2.61. The highest BCUT2D eigenvalue weighted by atomic mass is 16.7. The van der Waals surface area contributed by atoms with Crippen molar-refractivity contribution in [2.75, 3.05) is 6.61 Å². The van der Waals surface area contributed by atoms with Gasteiger partial charge in [0.15, 0.2) is 5.79 Å². The van der Waals surface area contributed by atoms with Crippen molar-refractivity contribution < 1.29 is 19.0 Å². The zero-order chi connectivity index (χ0) is 18.8. The van der Waals surface area contributed by atoms with Crippen LogP contribution >= 0.6 is 0 Å². The van der Waals surface area contributed by atoms with Crippen molar-refractivity contribution in [2.45, 2.75) is 83.7 Å². The molecule has 0 radical (unpaired) electrons. The lowest BCUT2D eigenvalue weighted by atomic mass is 9.34. The number of carbonyl (C=O) groups excluding carboxylic acids is 1. The number of ether oxygens (including phenoxy) is 3. The van der Waals surface area contributed by atoms with Gasteiger partial charge in [-0.3, -0.25) is 4.79 Å². The normalized spacial score (nSPS) is 57.5. The van der Waals surface area contributed by atoms with Gasteiger partial charge in [0.25, 0.3) is 0 Å². The summed E-state index contributed by atoms with van der Waals surface area (Å²) in [6, 6.07) is 0. The van der Waals surface area contributed by atoms with E-state index in [1.165, 1.54) is 18.4 Å². The van der Waals surface area contributed by atoms with Crippen LogP contribution in [0.25, 0.3) is 0 Å². The molecule has 0 aromatic heterocycles. The fourth-order valence-electron chi connectivity index (χ4n) is 8.70. The molecular formula is C23H32O4. The number of carbonyl (C=O) groups is 1. The summed E-state index contributed by atoms with van der Waals surface area (Å²) < 4.78 is 19.1. The zero-order valence-electron chi connectivity index (χ0n) is 16.9. The van der Waals surface area contributed by atoms with Gasteiger partial charge in [-0.1, -0.05) is 19.9 Å². The van der Waals surface area contributed by atoms with Gasteiger partial charge in [-0.2, -0.15) is 0 Å². The van der Waals surface area contributed by atoms with Crippen LogP contribution in [-0.2, 0) is 19.0 Å². The Balaban J connectivity index is 1.57. The van der Waals surface area contributed by atoms with E-state index in [1.54, 1.807) is 0 Å². The van der Waals surface area contributed by atoms with Gasteiger partial charge in [-0.05, 0) is 75.7 Å². The Morgan fingerprint density at radius 3 is 2.67 bits per heavy atom. The third-order valence-corrected chi connectivity index (χ3v) is 9.66. The van der Waals surface area contributed by atoms with E-state index >= 15 is 0 Å². The van der Waals surface area contributed by atoms with Crippen molar-refractivity contribution in [3.63, 3.8) is 0 Å². The number of cyclic esters (lactones) is 1. The van der Waals surface area contributed by atoms with Crippen molar-refractivity contribution in [3.8, 4) is 0 Å². The van der Waals surface area contributed by atoms with Crippen molar-refractivity contribution in [3.05, 3.63) is 12.2 Å². The van der Waals surface area contributed by atoms with Crippen molar-refractivity contribution in [1.29, 1.82) is 0 Å². The first kappa shape index (κ1) is 17.0. The Kier molecular flexibility index (Phi) is 3.04. The van der Waals surface area contributed by atoms with E-state index < -0.39 is 5.79 Å². The molecule has 4 nitrogen and oxygen atoms in total. The predicted octanol–water partition coefficient (Wildman–Crippen LogP) is 4.23. The summed E-state index contributed by atoms with van der Waals surface area (Å²) in [5, 5.41) is 0. The van der Waals surface area contributed by atoms with E-state index in [0.29, 0.717) is 24.4 Å². The molecule has 7 fully saturated rings. The van der Waals surface area contributed by atoms with E-state index in [-0.39, 0.29) is 34.4 Å². The number of hydrogen-bond acceptors (Lipinski definition) is 4. The third-order valence-electron chi connectivity index (χ3n) is 9.66. The maximum Gasteiger partial charge on any atom is 0.312 e. The van der Waals surface area contributed by atoms with Crippen LogP contribution in [0.15, 0.2) is 12.2 Å².